The molecule has 132 valence electrons. The summed E-state index contributed by atoms with van der Waals surface area (Å²) in [5.41, 5.74) is 0.497. The Hall–Kier alpha value is -2.83. The van der Waals surface area contributed by atoms with Crippen molar-refractivity contribution in [2.75, 3.05) is 20.8 Å². The van der Waals surface area contributed by atoms with Crippen molar-refractivity contribution in [3.05, 3.63) is 52.7 Å². The molecule has 0 saturated carbocycles. The molecule has 1 aliphatic heterocycles. The molecule has 0 bridgehead atoms. The molecule has 2 aromatic rings. The van der Waals surface area contributed by atoms with E-state index in [2.05, 4.69) is 4.98 Å². The van der Waals surface area contributed by atoms with E-state index < -0.39 is 5.69 Å². The summed E-state index contributed by atoms with van der Waals surface area (Å²) in [6.07, 6.45) is 4.74. The number of rotatable bonds is 5. The zero-order valence-corrected chi connectivity index (χ0v) is 14.3. The molecule has 3 rings (SSSR count). The lowest BCUT2D eigenvalue weighted by atomic mass is 10.0. The standard InChI is InChI=1S/C18H21N3O4/c1-24-13-6-7-16(25-2)14(11-13)15-5-3-10-21(15)17(22)12-20-9-4-8-19-18(20)23/h4,6-9,11,15H,3,5,10,12H2,1-2H3/t15-/m0/s1. The molecule has 1 atom stereocenters. The van der Waals surface area contributed by atoms with Crippen molar-refractivity contribution in [2.45, 2.75) is 25.4 Å². The van der Waals surface area contributed by atoms with Gasteiger partial charge in [-0.2, -0.15) is 0 Å². The Balaban J connectivity index is 1.86. The molecule has 1 saturated heterocycles. The van der Waals surface area contributed by atoms with Gasteiger partial charge in [-0.25, -0.2) is 9.78 Å². The van der Waals surface area contributed by atoms with Crippen LogP contribution in [0.25, 0.3) is 0 Å². The summed E-state index contributed by atoms with van der Waals surface area (Å²) in [4.78, 5) is 30.0. The summed E-state index contributed by atoms with van der Waals surface area (Å²) >= 11 is 0. The van der Waals surface area contributed by atoms with Gasteiger partial charge < -0.3 is 14.4 Å². The Morgan fingerprint density at radius 1 is 1.32 bits per heavy atom. The summed E-state index contributed by atoms with van der Waals surface area (Å²) in [6.45, 7) is 0.633. The molecule has 2 heterocycles. The average Bonchev–Trinajstić information content (AvgIpc) is 3.12. The van der Waals surface area contributed by atoms with Crippen LogP contribution in [0.15, 0.2) is 41.5 Å². The van der Waals surface area contributed by atoms with E-state index in [0.717, 1.165) is 29.9 Å². The van der Waals surface area contributed by atoms with E-state index in [0.29, 0.717) is 6.54 Å². The summed E-state index contributed by atoms with van der Waals surface area (Å²) in [5, 5.41) is 0. The topological polar surface area (TPSA) is 73.7 Å². The molecular weight excluding hydrogens is 322 g/mol. The van der Waals surface area contributed by atoms with Gasteiger partial charge in [0, 0.05) is 24.5 Å². The van der Waals surface area contributed by atoms with Crippen LogP contribution in [0.3, 0.4) is 0 Å². The monoisotopic (exact) mass is 343 g/mol. The molecule has 7 nitrogen and oxygen atoms in total. The summed E-state index contributed by atoms with van der Waals surface area (Å²) in [5.74, 6) is 1.34. The maximum absolute atomic E-state index is 12.8. The summed E-state index contributed by atoms with van der Waals surface area (Å²) < 4.78 is 12.1. The van der Waals surface area contributed by atoms with E-state index in [4.69, 9.17) is 9.47 Å². The maximum Gasteiger partial charge on any atom is 0.347 e. The van der Waals surface area contributed by atoms with Crippen molar-refractivity contribution in [1.29, 1.82) is 0 Å². The predicted octanol–water partition coefficient (Wildman–Crippen LogP) is 1.62. The van der Waals surface area contributed by atoms with Crippen molar-refractivity contribution < 1.29 is 14.3 Å². The molecule has 1 aromatic carbocycles. The highest BCUT2D eigenvalue weighted by molar-refractivity contribution is 5.77. The van der Waals surface area contributed by atoms with Crippen LogP contribution in [0.4, 0.5) is 0 Å². The van der Waals surface area contributed by atoms with E-state index >= 15 is 0 Å². The first-order chi connectivity index (χ1) is 12.1. The van der Waals surface area contributed by atoms with Gasteiger partial charge in [-0.05, 0) is 37.1 Å². The number of ether oxygens (including phenoxy) is 2. The zero-order chi connectivity index (χ0) is 17.8. The molecule has 0 spiro atoms. The van der Waals surface area contributed by atoms with Gasteiger partial charge in [0.05, 0.1) is 20.3 Å². The van der Waals surface area contributed by atoms with Crippen molar-refractivity contribution in [2.24, 2.45) is 0 Å². The van der Waals surface area contributed by atoms with E-state index in [1.807, 2.05) is 18.2 Å². The quantitative estimate of drug-likeness (QED) is 0.825. The fourth-order valence-corrected chi connectivity index (χ4v) is 3.23. The number of carbonyl (C=O) groups excluding carboxylic acids is 1. The van der Waals surface area contributed by atoms with Crippen LogP contribution in [0.2, 0.25) is 0 Å². The number of hydrogen-bond donors (Lipinski definition) is 0. The Morgan fingerprint density at radius 2 is 2.16 bits per heavy atom. The highest BCUT2D eigenvalue weighted by Gasteiger charge is 2.32. The van der Waals surface area contributed by atoms with Crippen molar-refractivity contribution in [1.82, 2.24) is 14.5 Å². The lowest BCUT2D eigenvalue weighted by molar-refractivity contribution is -0.132. The van der Waals surface area contributed by atoms with Crippen LogP contribution >= 0.6 is 0 Å². The Bertz CT molecular complexity index is 818. The second-order valence-corrected chi connectivity index (χ2v) is 5.88. The van der Waals surface area contributed by atoms with E-state index in [-0.39, 0.29) is 18.5 Å². The van der Waals surface area contributed by atoms with Crippen molar-refractivity contribution >= 4 is 5.91 Å². The lowest BCUT2D eigenvalue weighted by Crippen LogP contribution is -2.36. The third-order valence-electron chi connectivity index (χ3n) is 4.46. The number of carbonyl (C=O) groups is 1. The minimum absolute atomic E-state index is 0.0184. The summed E-state index contributed by atoms with van der Waals surface area (Å²) in [7, 11) is 3.22. The van der Waals surface area contributed by atoms with Crippen LogP contribution in [0.1, 0.15) is 24.4 Å². The number of hydrogen-bond acceptors (Lipinski definition) is 5. The molecule has 1 fully saturated rings. The minimum atomic E-state index is -0.425. The van der Waals surface area contributed by atoms with E-state index in [9.17, 15) is 9.59 Å². The van der Waals surface area contributed by atoms with Crippen LogP contribution in [0.5, 0.6) is 11.5 Å². The molecule has 25 heavy (non-hydrogen) atoms. The number of amides is 1. The lowest BCUT2D eigenvalue weighted by Gasteiger charge is -2.27. The van der Waals surface area contributed by atoms with Gasteiger partial charge in [0.25, 0.3) is 0 Å². The van der Waals surface area contributed by atoms with Gasteiger partial charge in [0.2, 0.25) is 5.91 Å². The van der Waals surface area contributed by atoms with Gasteiger partial charge in [0.1, 0.15) is 18.0 Å². The van der Waals surface area contributed by atoms with Gasteiger partial charge >= 0.3 is 5.69 Å². The van der Waals surface area contributed by atoms with Gasteiger partial charge in [-0.15, -0.1) is 0 Å². The molecule has 1 aromatic heterocycles. The largest absolute Gasteiger partial charge is 0.497 e. The van der Waals surface area contributed by atoms with E-state index in [1.165, 1.54) is 10.8 Å². The minimum Gasteiger partial charge on any atom is -0.497 e. The molecule has 0 radical (unpaired) electrons. The highest BCUT2D eigenvalue weighted by atomic mass is 16.5. The molecule has 7 heteroatoms. The Labute approximate surface area is 145 Å². The van der Waals surface area contributed by atoms with Crippen LogP contribution < -0.4 is 15.2 Å². The molecule has 0 aliphatic carbocycles. The first-order valence-electron chi connectivity index (χ1n) is 8.17. The second-order valence-electron chi connectivity index (χ2n) is 5.88. The van der Waals surface area contributed by atoms with E-state index in [1.54, 1.807) is 31.4 Å². The number of aromatic nitrogens is 2. The van der Waals surface area contributed by atoms with Crippen LogP contribution in [0, 0.1) is 0 Å². The third kappa shape index (κ3) is 3.50. The maximum atomic E-state index is 12.8. The van der Waals surface area contributed by atoms with Crippen LogP contribution in [-0.4, -0.2) is 41.1 Å². The second kappa shape index (κ2) is 7.38. The molecule has 0 N–H and O–H groups in total. The van der Waals surface area contributed by atoms with Gasteiger partial charge in [0.15, 0.2) is 0 Å². The number of likely N-dealkylation sites (tertiary alicyclic amines) is 1. The number of benzene rings is 1. The zero-order valence-electron chi connectivity index (χ0n) is 14.3. The SMILES string of the molecule is COc1ccc(OC)c([C@@H]2CCCN2C(=O)Cn2cccnc2=O)c1. The molecule has 0 unspecified atom stereocenters. The van der Waals surface area contributed by atoms with Gasteiger partial charge in [-0.1, -0.05) is 0 Å². The number of nitrogens with zero attached hydrogens (tertiary/aromatic N) is 3. The first kappa shape index (κ1) is 17.0. The summed E-state index contributed by atoms with van der Waals surface area (Å²) in [6, 6.07) is 7.14. The Kier molecular flexibility index (Phi) is 5.02. The van der Waals surface area contributed by atoms with Crippen molar-refractivity contribution in [3.8, 4) is 11.5 Å². The first-order valence-corrected chi connectivity index (χ1v) is 8.17. The van der Waals surface area contributed by atoms with Gasteiger partial charge in [-0.3, -0.25) is 9.36 Å². The molecule has 1 aliphatic rings. The molecular formula is C18H21N3O4. The highest BCUT2D eigenvalue weighted by Crippen LogP contribution is 2.38. The third-order valence-corrected chi connectivity index (χ3v) is 4.46. The molecule has 1 amide bonds. The smallest absolute Gasteiger partial charge is 0.347 e. The van der Waals surface area contributed by atoms with Crippen molar-refractivity contribution in [3.63, 3.8) is 0 Å². The average molecular weight is 343 g/mol. The predicted molar refractivity (Wildman–Crippen MR) is 91.7 cm³/mol. The number of methoxy groups -OCH3 is 2. The Morgan fingerprint density at radius 3 is 2.88 bits per heavy atom. The normalized spacial score (nSPS) is 16.7. The van der Waals surface area contributed by atoms with Crippen LogP contribution in [-0.2, 0) is 11.3 Å². The fraction of sp³-hybridized carbons (Fsp3) is 0.389. The fourth-order valence-electron chi connectivity index (χ4n) is 3.23.